The first-order chi connectivity index (χ1) is 14.2. The van der Waals surface area contributed by atoms with E-state index in [1.54, 1.807) is 11.3 Å². The Morgan fingerprint density at radius 3 is 2.43 bits per heavy atom. The van der Waals surface area contributed by atoms with Crippen LogP contribution in [0.15, 0.2) is 64.9 Å². The molecular weight excluding hydrogens is 426 g/mol. The molecule has 0 saturated heterocycles. The maximum atomic E-state index is 12.6. The second-order valence-electron chi connectivity index (χ2n) is 6.60. The quantitative estimate of drug-likeness (QED) is 0.416. The Morgan fingerprint density at radius 2 is 1.83 bits per heavy atom. The van der Waals surface area contributed by atoms with Crippen molar-refractivity contribution < 1.29 is 18.1 Å². The predicted molar refractivity (Wildman–Crippen MR) is 115 cm³/mol. The highest BCUT2D eigenvalue weighted by Crippen LogP contribution is 2.24. The Balaban J connectivity index is 1.72. The standard InChI is InChI=1S/C20H19N3O5S2/c1-13-5-10-17(12-18(13)23(25)26)30(27,28)22-16-8-6-15(7-9-16)20(24)21-14(2)19-4-3-11-29-19/h3-12,14,22H,1-2H3,(H,21,24). The molecular formula is C20H19N3O5S2. The summed E-state index contributed by atoms with van der Waals surface area (Å²) in [7, 11) is -4.02. The highest BCUT2D eigenvalue weighted by Gasteiger charge is 2.20. The van der Waals surface area contributed by atoms with Crippen molar-refractivity contribution in [3.05, 3.63) is 86.1 Å². The average molecular weight is 446 g/mol. The molecule has 0 aliphatic rings. The molecule has 0 aliphatic heterocycles. The van der Waals surface area contributed by atoms with Gasteiger partial charge in [-0.05, 0) is 55.6 Å². The number of nitro benzene ring substituents is 1. The van der Waals surface area contributed by atoms with Gasteiger partial charge in [-0.25, -0.2) is 8.42 Å². The molecule has 2 aromatic carbocycles. The van der Waals surface area contributed by atoms with Crippen LogP contribution in [0, 0.1) is 17.0 Å². The topological polar surface area (TPSA) is 118 Å². The molecule has 3 rings (SSSR count). The van der Waals surface area contributed by atoms with Gasteiger partial charge in [-0.15, -0.1) is 11.3 Å². The van der Waals surface area contributed by atoms with E-state index >= 15 is 0 Å². The van der Waals surface area contributed by atoms with Gasteiger partial charge in [0.15, 0.2) is 0 Å². The smallest absolute Gasteiger partial charge is 0.273 e. The lowest BCUT2D eigenvalue weighted by molar-refractivity contribution is -0.385. The third kappa shape index (κ3) is 4.84. The van der Waals surface area contributed by atoms with Gasteiger partial charge < -0.3 is 5.32 Å². The number of thiophene rings is 1. The molecule has 0 radical (unpaired) electrons. The number of rotatable bonds is 7. The van der Waals surface area contributed by atoms with E-state index in [9.17, 15) is 23.3 Å². The first-order valence-electron chi connectivity index (χ1n) is 8.89. The zero-order valence-electron chi connectivity index (χ0n) is 16.2. The fraction of sp³-hybridized carbons (Fsp3) is 0.150. The van der Waals surface area contributed by atoms with E-state index in [-0.39, 0.29) is 28.2 Å². The molecule has 0 spiro atoms. The number of nitrogens with one attached hydrogen (secondary N) is 2. The highest BCUT2D eigenvalue weighted by atomic mass is 32.2. The van der Waals surface area contributed by atoms with Crippen LogP contribution >= 0.6 is 11.3 Å². The first-order valence-corrected chi connectivity index (χ1v) is 11.3. The van der Waals surface area contributed by atoms with E-state index in [0.717, 1.165) is 10.9 Å². The van der Waals surface area contributed by atoms with Gasteiger partial charge in [-0.1, -0.05) is 12.1 Å². The van der Waals surface area contributed by atoms with Crippen molar-refractivity contribution in [3.8, 4) is 0 Å². The Kier molecular flexibility index (Phi) is 6.18. The van der Waals surface area contributed by atoms with Gasteiger partial charge >= 0.3 is 0 Å². The molecule has 0 bridgehead atoms. The minimum Gasteiger partial charge on any atom is -0.345 e. The van der Waals surface area contributed by atoms with Gasteiger partial charge in [-0.2, -0.15) is 0 Å². The lowest BCUT2D eigenvalue weighted by Gasteiger charge is -2.13. The summed E-state index contributed by atoms with van der Waals surface area (Å²) in [5, 5.41) is 15.9. The summed E-state index contributed by atoms with van der Waals surface area (Å²) in [6, 6.07) is 13.3. The minimum atomic E-state index is -4.02. The van der Waals surface area contributed by atoms with E-state index in [0.29, 0.717) is 11.1 Å². The summed E-state index contributed by atoms with van der Waals surface area (Å²) in [6.07, 6.45) is 0. The van der Waals surface area contributed by atoms with Crippen molar-refractivity contribution >= 4 is 38.6 Å². The summed E-state index contributed by atoms with van der Waals surface area (Å²) in [4.78, 5) is 23.6. The zero-order chi connectivity index (χ0) is 21.9. The molecule has 1 atom stereocenters. The SMILES string of the molecule is Cc1ccc(S(=O)(=O)Nc2ccc(C(=O)NC(C)c3cccs3)cc2)cc1[N+](=O)[O-]. The van der Waals surface area contributed by atoms with Crippen molar-refractivity contribution in [2.24, 2.45) is 0 Å². The monoisotopic (exact) mass is 445 g/mol. The lowest BCUT2D eigenvalue weighted by Crippen LogP contribution is -2.26. The third-order valence-electron chi connectivity index (χ3n) is 4.40. The van der Waals surface area contributed by atoms with Gasteiger partial charge in [0, 0.05) is 27.8 Å². The number of carbonyl (C=O) groups is 1. The second kappa shape index (κ2) is 8.64. The number of hydrogen-bond acceptors (Lipinski definition) is 6. The Labute approximate surface area is 177 Å². The largest absolute Gasteiger partial charge is 0.345 e. The van der Waals surface area contributed by atoms with E-state index in [1.165, 1.54) is 43.3 Å². The van der Waals surface area contributed by atoms with Crippen LogP contribution in [-0.4, -0.2) is 19.2 Å². The Bertz CT molecular complexity index is 1170. The van der Waals surface area contributed by atoms with E-state index in [2.05, 4.69) is 10.0 Å². The van der Waals surface area contributed by atoms with Crippen LogP contribution in [0.2, 0.25) is 0 Å². The molecule has 1 heterocycles. The third-order valence-corrected chi connectivity index (χ3v) is 6.84. The molecule has 2 N–H and O–H groups in total. The summed E-state index contributed by atoms with van der Waals surface area (Å²) in [6.45, 7) is 3.41. The van der Waals surface area contributed by atoms with Crippen molar-refractivity contribution in [2.75, 3.05) is 4.72 Å². The van der Waals surface area contributed by atoms with E-state index < -0.39 is 14.9 Å². The fourth-order valence-electron chi connectivity index (χ4n) is 2.75. The highest BCUT2D eigenvalue weighted by molar-refractivity contribution is 7.92. The number of aryl methyl sites for hydroxylation is 1. The molecule has 0 fully saturated rings. The number of nitro groups is 1. The lowest BCUT2D eigenvalue weighted by atomic mass is 10.2. The number of benzene rings is 2. The van der Waals surface area contributed by atoms with Crippen LogP contribution in [0.3, 0.4) is 0 Å². The molecule has 156 valence electrons. The van der Waals surface area contributed by atoms with Crippen LogP contribution in [0.4, 0.5) is 11.4 Å². The van der Waals surface area contributed by atoms with Crippen LogP contribution in [0.5, 0.6) is 0 Å². The maximum absolute atomic E-state index is 12.6. The Morgan fingerprint density at radius 1 is 1.13 bits per heavy atom. The van der Waals surface area contributed by atoms with Gasteiger partial charge in [0.25, 0.3) is 21.6 Å². The molecule has 1 amide bonds. The number of sulfonamides is 1. The summed E-state index contributed by atoms with van der Waals surface area (Å²) < 4.78 is 27.5. The number of amides is 1. The zero-order valence-corrected chi connectivity index (χ0v) is 17.8. The predicted octanol–water partition coefficient (Wildman–Crippen LogP) is 4.26. The molecule has 0 aliphatic carbocycles. The maximum Gasteiger partial charge on any atom is 0.273 e. The van der Waals surface area contributed by atoms with Crippen LogP contribution in [-0.2, 0) is 10.0 Å². The molecule has 3 aromatic rings. The van der Waals surface area contributed by atoms with Crippen molar-refractivity contribution in [1.29, 1.82) is 0 Å². The normalized spacial score (nSPS) is 12.2. The van der Waals surface area contributed by atoms with Crippen LogP contribution in [0.25, 0.3) is 0 Å². The fourth-order valence-corrected chi connectivity index (χ4v) is 4.56. The van der Waals surface area contributed by atoms with E-state index in [1.807, 2.05) is 24.4 Å². The number of carbonyl (C=O) groups excluding carboxylic acids is 1. The van der Waals surface area contributed by atoms with Crippen LogP contribution in [0.1, 0.15) is 33.8 Å². The number of nitrogens with zero attached hydrogens (tertiary/aromatic N) is 1. The molecule has 1 aromatic heterocycles. The van der Waals surface area contributed by atoms with Gasteiger partial charge in [-0.3, -0.25) is 19.6 Å². The molecule has 1 unspecified atom stereocenters. The molecule has 8 nitrogen and oxygen atoms in total. The Hall–Kier alpha value is -3.24. The van der Waals surface area contributed by atoms with Crippen LogP contribution < -0.4 is 10.0 Å². The van der Waals surface area contributed by atoms with Gasteiger partial charge in [0.2, 0.25) is 0 Å². The van der Waals surface area contributed by atoms with Crippen molar-refractivity contribution in [2.45, 2.75) is 24.8 Å². The minimum absolute atomic E-state index is 0.145. The van der Waals surface area contributed by atoms with Gasteiger partial charge in [0.05, 0.1) is 15.9 Å². The summed E-state index contributed by atoms with van der Waals surface area (Å²) >= 11 is 1.54. The average Bonchev–Trinajstić information content (AvgIpc) is 3.23. The van der Waals surface area contributed by atoms with Gasteiger partial charge in [0.1, 0.15) is 0 Å². The number of hydrogen-bond donors (Lipinski definition) is 2. The number of anilines is 1. The first kappa shape index (κ1) is 21.5. The molecule has 10 heteroatoms. The molecule has 0 saturated carbocycles. The van der Waals surface area contributed by atoms with E-state index in [4.69, 9.17) is 0 Å². The molecule has 30 heavy (non-hydrogen) atoms. The summed E-state index contributed by atoms with van der Waals surface area (Å²) in [5.41, 5.74) is 0.712. The van der Waals surface area contributed by atoms with Crippen molar-refractivity contribution in [3.63, 3.8) is 0 Å². The van der Waals surface area contributed by atoms with Crippen molar-refractivity contribution in [1.82, 2.24) is 5.32 Å². The summed E-state index contributed by atoms with van der Waals surface area (Å²) in [5.74, 6) is -0.278. The second-order valence-corrected chi connectivity index (χ2v) is 9.26.